The molecule has 0 aliphatic rings. The van der Waals surface area contributed by atoms with E-state index in [1.165, 1.54) is 0 Å². The zero-order valence-electron chi connectivity index (χ0n) is 17.2. The lowest BCUT2D eigenvalue weighted by molar-refractivity contribution is 0.102. The first-order chi connectivity index (χ1) is 14.7. The van der Waals surface area contributed by atoms with Crippen molar-refractivity contribution in [3.63, 3.8) is 0 Å². The van der Waals surface area contributed by atoms with E-state index in [-0.39, 0.29) is 5.91 Å². The Morgan fingerprint density at radius 2 is 1.93 bits per heavy atom. The fourth-order valence-electron chi connectivity index (χ4n) is 3.36. The topological polar surface area (TPSA) is 74.0 Å². The maximum absolute atomic E-state index is 12.9. The van der Waals surface area contributed by atoms with E-state index in [0.29, 0.717) is 31.3 Å². The number of ether oxygens (including phenoxy) is 1. The Morgan fingerprint density at radius 3 is 2.67 bits per heavy atom. The van der Waals surface area contributed by atoms with Gasteiger partial charge in [-0.25, -0.2) is 9.67 Å². The molecule has 0 unspecified atom stereocenters. The SMILES string of the molecule is CCOCCCn1c(NC(=O)c2ccc(-n3cc(C)cn3)cc2)nc2ccccc21. The van der Waals surface area contributed by atoms with Crippen molar-refractivity contribution in [2.45, 2.75) is 26.8 Å². The highest BCUT2D eigenvalue weighted by molar-refractivity contribution is 6.04. The predicted octanol–water partition coefficient (Wildman–Crippen LogP) is 4.21. The van der Waals surface area contributed by atoms with Crippen LogP contribution in [0.1, 0.15) is 29.3 Å². The summed E-state index contributed by atoms with van der Waals surface area (Å²) >= 11 is 0. The van der Waals surface area contributed by atoms with Gasteiger partial charge in [-0.1, -0.05) is 12.1 Å². The third-order valence-corrected chi connectivity index (χ3v) is 4.86. The molecule has 0 aliphatic carbocycles. The Kier molecular flexibility index (Phi) is 5.90. The summed E-state index contributed by atoms with van der Waals surface area (Å²) in [5.41, 5.74) is 4.40. The molecule has 1 N–H and O–H groups in total. The molecule has 7 heteroatoms. The minimum atomic E-state index is -0.195. The minimum absolute atomic E-state index is 0.195. The van der Waals surface area contributed by atoms with Crippen LogP contribution in [0.15, 0.2) is 60.9 Å². The number of nitrogens with one attached hydrogen (secondary N) is 1. The fraction of sp³-hybridized carbons (Fsp3) is 0.261. The highest BCUT2D eigenvalue weighted by Gasteiger charge is 2.14. The van der Waals surface area contributed by atoms with Crippen molar-refractivity contribution in [3.8, 4) is 5.69 Å². The average molecular weight is 403 g/mol. The van der Waals surface area contributed by atoms with Crippen LogP contribution >= 0.6 is 0 Å². The fourth-order valence-corrected chi connectivity index (χ4v) is 3.36. The van der Waals surface area contributed by atoms with E-state index in [9.17, 15) is 4.79 Å². The lowest BCUT2D eigenvalue weighted by Gasteiger charge is -2.10. The quantitative estimate of drug-likeness (QED) is 0.447. The highest BCUT2D eigenvalue weighted by Crippen LogP contribution is 2.21. The van der Waals surface area contributed by atoms with Crippen molar-refractivity contribution >= 4 is 22.9 Å². The molecule has 0 radical (unpaired) electrons. The first kappa shape index (κ1) is 19.8. The normalized spacial score (nSPS) is 11.1. The Labute approximate surface area is 175 Å². The predicted molar refractivity (Wildman–Crippen MR) is 117 cm³/mol. The van der Waals surface area contributed by atoms with Crippen molar-refractivity contribution < 1.29 is 9.53 Å². The van der Waals surface area contributed by atoms with Gasteiger partial charge in [0, 0.05) is 31.5 Å². The molecule has 2 aromatic carbocycles. The van der Waals surface area contributed by atoms with Gasteiger partial charge in [0.25, 0.3) is 5.91 Å². The number of benzene rings is 2. The molecule has 4 rings (SSSR count). The molecule has 0 bridgehead atoms. The Bertz CT molecular complexity index is 1140. The van der Waals surface area contributed by atoms with Gasteiger partial charge >= 0.3 is 0 Å². The molecule has 0 saturated carbocycles. The van der Waals surface area contributed by atoms with Crippen molar-refractivity contribution in [1.82, 2.24) is 19.3 Å². The highest BCUT2D eigenvalue weighted by atomic mass is 16.5. The molecule has 0 saturated heterocycles. The van der Waals surface area contributed by atoms with Gasteiger partial charge in [-0.3, -0.25) is 10.1 Å². The number of fused-ring (bicyclic) bond motifs is 1. The molecule has 0 spiro atoms. The Hall–Kier alpha value is -3.45. The van der Waals surface area contributed by atoms with Gasteiger partial charge in [0.15, 0.2) is 0 Å². The van der Waals surface area contributed by atoms with Gasteiger partial charge in [0.05, 0.1) is 22.9 Å². The second kappa shape index (κ2) is 8.92. The number of rotatable bonds is 8. The van der Waals surface area contributed by atoms with E-state index < -0.39 is 0 Å². The molecule has 0 fully saturated rings. The molecule has 0 aliphatic heterocycles. The molecule has 4 aromatic rings. The first-order valence-corrected chi connectivity index (χ1v) is 10.1. The lowest BCUT2D eigenvalue weighted by atomic mass is 10.2. The Morgan fingerprint density at radius 1 is 1.13 bits per heavy atom. The number of imidazole rings is 1. The number of aromatic nitrogens is 4. The van der Waals surface area contributed by atoms with Gasteiger partial charge in [-0.2, -0.15) is 5.10 Å². The first-order valence-electron chi connectivity index (χ1n) is 10.1. The van der Waals surface area contributed by atoms with E-state index in [1.807, 2.05) is 61.0 Å². The van der Waals surface area contributed by atoms with E-state index in [1.54, 1.807) is 23.0 Å². The molecule has 0 atom stereocenters. The van der Waals surface area contributed by atoms with Crippen molar-refractivity contribution in [1.29, 1.82) is 0 Å². The summed E-state index contributed by atoms with van der Waals surface area (Å²) in [4.78, 5) is 17.5. The summed E-state index contributed by atoms with van der Waals surface area (Å²) in [6.45, 7) is 6.06. The zero-order chi connectivity index (χ0) is 20.9. The number of hydrogen-bond donors (Lipinski definition) is 1. The van der Waals surface area contributed by atoms with Crippen LogP contribution in [-0.4, -0.2) is 38.5 Å². The van der Waals surface area contributed by atoms with Gasteiger partial charge in [0.2, 0.25) is 5.95 Å². The summed E-state index contributed by atoms with van der Waals surface area (Å²) in [6, 6.07) is 15.2. The number of nitrogens with zero attached hydrogens (tertiary/aromatic N) is 4. The average Bonchev–Trinajstić information content (AvgIpc) is 3.35. The number of anilines is 1. The van der Waals surface area contributed by atoms with Crippen molar-refractivity contribution in [2.24, 2.45) is 0 Å². The molecular weight excluding hydrogens is 378 g/mol. The molecular formula is C23H25N5O2. The number of aryl methyl sites for hydroxylation is 2. The summed E-state index contributed by atoms with van der Waals surface area (Å²) in [6.07, 6.45) is 4.59. The smallest absolute Gasteiger partial charge is 0.257 e. The van der Waals surface area contributed by atoms with Crippen molar-refractivity contribution in [2.75, 3.05) is 18.5 Å². The standard InChI is InChI=1S/C23H25N5O2/c1-3-30-14-6-13-27-21-8-5-4-7-20(21)25-23(27)26-22(29)18-9-11-19(12-10-18)28-16-17(2)15-24-28/h4-5,7-12,15-16H,3,6,13-14H2,1-2H3,(H,25,26,29). The Balaban J connectivity index is 1.53. The molecule has 30 heavy (non-hydrogen) atoms. The molecule has 2 aromatic heterocycles. The van der Waals surface area contributed by atoms with Crippen LogP contribution in [0.3, 0.4) is 0 Å². The molecule has 2 heterocycles. The lowest BCUT2D eigenvalue weighted by Crippen LogP contribution is -2.16. The number of carbonyl (C=O) groups is 1. The van der Waals surface area contributed by atoms with Gasteiger partial charge < -0.3 is 9.30 Å². The van der Waals surface area contributed by atoms with Gasteiger partial charge in [-0.05, 0) is 62.2 Å². The summed E-state index contributed by atoms with van der Waals surface area (Å²) in [5, 5.41) is 7.27. The summed E-state index contributed by atoms with van der Waals surface area (Å²) in [5.74, 6) is 0.351. The van der Waals surface area contributed by atoms with E-state index in [4.69, 9.17) is 4.74 Å². The summed E-state index contributed by atoms with van der Waals surface area (Å²) < 4.78 is 9.28. The molecule has 7 nitrogen and oxygen atoms in total. The third kappa shape index (κ3) is 4.26. The zero-order valence-corrected chi connectivity index (χ0v) is 17.2. The van der Waals surface area contributed by atoms with Crippen LogP contribution in [-0.2, 0) is 11.3 Å². The maximum atomic E-state index is 12.9. The van der Waals surface area contributed by atoms with Crippen LogP contribution in [0.5, 0.6) is 0 Å². The second-order valence-electron chi connectivity index (χ2n) is 7.09. The third-order valence-electron chi connectivity index (χ3n) is 4.86. The van der Waals surface area contributed by atoms with Gasteiger partial charge in [-0.15, -0.1) is 0 Å². The van der Waals surface area contributed by atoms with Crippen LogP contribution in [0.25, 0.3) is 16.7 Å². The van der Waals surface area contributed by atoms with E-state index in [2.05, 4.69) is 15.4 Å². The van der Waals surface area contributed by atoms with E-state index >= 15 is 0 Å². The van der Waals surface area contributed by atoms with Crippen LogP contribution < -0.4 is 5.32 Å². The molecule has 1 amide bonds. The van der Waals surface area contributed by atoms with Crippen LogP contribution in [0.4, 0.5) is 5.95 Å². The largest absolute Gasteiger partial charge is 0.382 e. The monoisotopic (exact) mass is 403 g/mol. The maximum Gasteiger partial charge on any atom is 0.257 e. The van der Waals surface area contributed by atoms with Gasteiger partial charge in [0.1, 0.15) is 0 Å². The van der Waals surface area contributed by atoms with E-state index in [0.717, 1.165) is 28.7 Å². The molecule has 154 valence electrons. The summed E-state index contributed by atoms with van der Waals surface area (Å²) in [7, 11) is 0. The number of carbonyl (C=O) groups excluding carboxylic acids is 1. The second-order valence-corrected chi connectivity index (χ2v) is 7.09. The van der Waals surface area contributed by atoms with Crippen LogP contribution in [0.2, 0.25) is 0 Å². The minimum Gasteiger partial charge on any atom is -0.382 e. The number of amides is 1. The van der Waals surface area contributed by atoms with Crippen molar-refractivity contribution in [3.05, 3.63) is 72.1 Å². The number of hydrogen-bond acceptors (Lipinski definition) is 4. The number of para-hydroxylation sites is 2. The van der Waals surface area contributed by atoms with Crippen LogP contribution in [0, 0.1) is 6.92 Å².